The van der Waals surface area contributed by atoms with Crippen molar-refractivity contribution in [1.82, 2.24) is 0 Å². The van der Waals surface area contributed by atoms with E-state index in [1.165, 1.54) is 5.39 Å². The molecule has 0 saturated carbocycles. The van der Waals surface area contributed by atoms with E-state index in [4.69, 9.17) is 4.74 Å². The van der Waals surface area contributed by atoms with E-state index >= 15 is 0 Å². The molecule has 0 bridgehead atoms. The molecule has 0 atom stereocenters. The molecule has 0 spiro atoms. The first-order valence-electron chi connectivity index (χ1n) is 6.30. The average molecular weight is 248 g/mol. The van der Waals surface area contributed by atoms with Gasteiger partial charge in [0.1, 0.15) is 18.1 Å². The SMILES string of the molecule is Oc1cccc2c1-c1c(ccc3ccccc13)CO2. The van der Waals surface area contributed by atoms with Crippen LogP contribution in [0.1, 0.15) is 5.56 Å². The lowest BCUT2D eigenvalue weighted by atomic mass is 9.91. The van der Waals surface area contributed by atoms with Crippen molar-refractivity contribution in [2.75, 3.05) is 0 Å². The van der Waals surface area contributed by atoms with Crippen molar-refractivity contribution in [3.63, 3.8) is 0 Å². The summed E-state index contributed by atoms with van der Waals surface area (Å²) in [6, 6.07) is 17.8. The van der Waals surface area contributed by atoms with Crippen LogP contribution in [0, 0.1) is 0 Å². The van der Waals surface area contributed by atoms with Crippen LogP contribution in [-0.2, 0) is 6.61 Å². The van der Waals surface area contributed by atoms with Gasteiger partial charge in [0.2, 0.25) is 0 Å². The third-order valence-electron chi connectivity index (χ3n) is 3.65. The van der Waals surface area contributed by atoms with Gasteiger partial charge in [0.05, 0.1) is 5.56 Å². The molecule has 0 fully saturated rings. The maximum absolute atomic E-state index is 10.2. The maximum Gasteiger partial charge on any atom is 0.131 e. The van der Waals surface area contributed by atoms with Gasteiger partial charge in [0.25, 0.3) is 0 Å². The summed E-state index contributed by atoms with van der Waals surface area (Å²) in [5.74, 6) is 1.03. The predicted molar refractivity (Wildman–Crippen MR) is 75.4 cm³/mol. The molecule has 1 heterocycles. The first-order valence-corrected chi connectivity index (χ1v) is 6.30. The van der Waals surface area contributed by atoms with Gasteiger partial charge < -0.3 is 9.84 Å². The lowest BCUT2D eigenvalue weighted by Crippen LogP contribution is -2.05. The van der Waals surface area contributed by atoms with E-state index in [0.29, 0.717) is 6.61 Å². The Kier molecular flexibility index (Phi) is 2.06. The van der Waals surface area contributed by atoms with Gasteiger partial charge in [0, 0.05) is 5.56 Å². The van der Waals surface area contributed by atoms with E-state index in [1.54, 1.807) is 6.07 Å². The molecular weight excluding hydrogens is 236 g/mol. The van der Waals surface area contributed by atoms with Gasteiger partial charge in [-0.15, -0.1) is 0 Å². The monoisotopic (exact) mass is 248 g/mol. The van der Waals surface area contributed by atoms with Crippen molar-refractivity contribution in [2.45, 2.75) is 6.61 Å². The summed E-state index contributed by atoms with van der Waals surface area (Å²) >= 11 is 0. The van der Waals surface area contributed by atoms with Crippen molar-refractivity contribution in [3.05, 3.63) is 60.2 Å². The first kappa shape index (κ1) is 10.4. The smallest absolute Gasteiger partial charge is 0.131 e. The quantitative estimate of drug-likeness (QED) is 0.649. The number of ether oxygens (including phenoxy) is 1. The molecule has 0 amide bonds. The van der Waals surface area contributed by atoms with Gasteiger partial charge in [-0.2, -0.15) is 0 Å². The topological polar surface area (TPSA) is 29.5 Å². The second-order valence-corrected chi connectivity index (χ2v) is 4.76. The van der Waals surface area contributed by atoms with E-state index in [-0.39, 0.29) is 5.75 Å². The Balaban J connectivity index is 2.18. The molecule has 0 saturated heterocycles. The molecular formula is C17H12O2. The lowest BCUT2D eigenvalue weighted by molar-refractivity contribution is 0.300. The number of phenolic OH excluding ortho intramolecular Hbond substituents is 1. The third kappa shape index (κ3) is 1.43. The Hall–Kier alpha value is -2.48. The maximum atomic E-state index is 10.2. The van der Waals surface area contributed by atoms with Gasteiger partial charge >= 0.3 is 0 Å². The fourth-order valence-electron chi connectivity index (χ4n) is 2.78. The second-order valence-electron chi connectivity index (χ2n) is 4.76. The summed E-state index contributed by atoms with van der Waals surface area (Å²) in [5, 5.41) is 12.5. The van der Waals surface area contributed by atoms with E-state index in [9.17, 15) is 5.11 Å². The van der Waals surface area contributed by atoms with Crippen LogP contribution < -0.4 is 4.74 Å². The molecule has 1 aliphatic heterocycles. The van der Waals surface area contributed by atoms with E-state index in [0.717, 1.165) is 27.8 Å². The number of hydrogen-bond acceptors (Lipinski definition) is 2. The summed E-state index contributed by atoms with van der Waals surface area (Å²) in [6.07, 6.45) is 0. The number of benzene rings is 3. The van der Waals surface area contributed by atoms with E-state index in [1.807, 2.05) is 24.3 Å². The van der Waals surface area contributed by atoms with Crippen molar-refractivity contribution in [3.8, 4) is 22.6 Å². The molecule has 1 N–H and O–H groups in total. The summed E-state index contributed by atoms with van der Waals surface area (Å²) in [5.41, 5.74) is 3.02. The molecule has 1 aliphatic rings. The zero-order valence-electron chi connectivity index (χ0n) is 10.3. The Morgan fingerprint density at radius 1 is 0.842 bits per heavy atom. The van der Waals surface area contributed by atoms with Gasteiger partial charge in [-0.1, -0.05) is 42.5 Å². The molecule has 19 heavy (non-hydrogen) atoms. The molecule has 2 heteroatoms. The highest BCUT2D eigenvalue weighted by atomic mass is 16.5. The molecule has 0 aliphatic carbocycles. The number of phenols is 1. The number of fused-ring (bicyclic) bond motifs is 5. The molecule has 0 radical (unpaired) electrons. The normalized spacial score (nSPS) is 12.6. The fourth-order valence-corrected chi connectivity index (χ4v) is 2.78. The zero-order chi connectivity index (χ0) is 12.8. The van der Waals surface area contributed by atoms with Crippen LogP contribution in [0.3, 0.4) is 0 Å². The summed E-state index contributed by atoms with van der Waals surface area (Å²) in [4.78, 5) is 0. The van der Waals surface area contributed by atoms with Gasteiger partial charge in [-0.3, -0.25) is 0 Å². The molecule has 92 valence electrons. The van der Waals surface area contributed by atoms with Crippen LogP contribution in [0.5, 0.6) is 11.5 Å². The minimum absolute atomic E-state index is 0.273. The van der Waals surface area contributed by atoms with Crippen molar-refractivity contribution >= 4 is 10.8 Å². The first-order chi connectivity index (χ1) is 9.34. The third-order valence-corrected chi connectivity index (χ3v) is 3.65. The lowest BCUT2D eigenvalue weighted by Gasteiger charge is -2.23. The highest BCUT2D eigenvalue weighted by molar-refractivity contribution is 6.01. The largest absolute Gasteiger partial charge is 0.507 e. The standard InChI is InChI=1S/C17H12O2/c18-14-6-3-7-15-17(14)16-12(10-19-15)9-8-11-4-1-2-5-13(11)16/h1-9,18H,10H2. The highest BCUT2D eigenvalue weighted by Gasteiger charge is 2.22. The summed E-state index contributed by atoms with van der Waals surface area (Å²) in [6.45, 7) is 0.552. The molecule has 0 unspecified atom stereocenters. The van der Waals surface area contributed by atoms with E-state index < -0.39 is 0 Å². The van der Waals surface area contributed by atoms with E-state index in [2.05, 4.69) is 24.3 Å². The van der Waals surface area contributed by atoms with Crippen molar-refractivity contribution in [2.24, 2.45) is 0 Å². The van der Waals surface area contributed by atoms with Crippen molar-refractivity contribution < 1.29 is 9.84 Å². The Morgan fingerprint density at radius 3 is 2.68 bits per heavy atom. The predicted octanol–water partition coefficient (Wildman–Crippen LogP) is 4.10. The number of aromatic hydroxyl groups is 1. The Bertz CT molecular complexity index is 790. The highest BCUT2D eigenvalue weighted by Crippen LogP contribution is 2.46. The number of rotatable bonds is 0. The summed E-state index contributed by atoms with van der Waals surface area (Å²) < 4.78 is 5.72. The van der Waals surface area contributed by atoms with Crippen LogP contribution in [0.4, 0.5) is 0 Å². The fraction of sp³-hybridized carbons (Fsp3) is 0.0588. The van der Waals surface area contributed by atoms with Crippen LogP contribution in [-0.4, -0.2) is 5.11 Å². The van der Waals surface area contributed by atoms with Gasteiger partial charge in [-0.05, 0) is 28.5 Å². The van der Waals surface area contributed by atoms with Crippen LogP contribution in [0.15, 0.2) is 54.6 Å². The molecule has 2 nitrogen and oxygen atoms in total. The zero-order valence-corrected chi connectivity index (χ0v) is 10.3. The minimum Gasteiger partial charge on any atom is -0.507 e. The van der Waals surface area contributed by atoms with Gasteiger partial charge in [-0.25, -0.2) is 0 Å². The Labute approximate surface area is 110 Å². The molecule has 4 rings (SSSR count). The Morgan fingerprint density at radius 2 is 1.74 bits per heavy atom. The molecule has 0 aromatic heterocycles. The molecule has 3 aromatic carbocycles. The average Bonchev–Trinajstić information content (AvgIpc) is 2.47. The van der Waals surface area contributed by atoms with Crippen molar-refractivity contribution in [1.29, 1.82) is 0 Å². The molecule has 3 aromatic rings. The van der Waals surface area contributed by atoms with Crippen LogP contribution in [0.25, 0.3) is 21.9 Å². The van der Waals surface area contributed by atoms with Gasteiger partial charge in [0.15, 0.2) is 0 Å². The number of hydrogen-bond donors (Lipinski definition) is 1. The minimum atomic E-state index is 0.273. The van der Waals surface area contributed by atoms with Crippen LogP contribution >= 0.6 is 0 Å². The summed E-state index contributed by atoms with van der Waals surface area (Å²) in [7, 11) is 0. The van der Waals surface area contributed by atoms with Crippen LogP contribution in [0.2, 0.25) is 0 Å². The second kappa shape index (κ2) is 3.75.